The lowest BCUT2D eigenvalue weighted by molar-refractivity contribution is 0.0955. The van der Waals surface area contributed by atoms with E-state index in [1.165, 1.54) is 25.3 Å². The molecule has 1 N–H and O–H groups in total. The molecule has 1 aromatic rings. The van der Waals surface area contributed by atoms with Gasteiger partial charge in [0.05, 0.1) is 11.5 Å². The predicted octanol–water partition coefficient (Wildman–Crippen LogP) is 1.51. The van der Waals surface area contributed by atoms with E-state index in [0.29, 0.717) is 12.1 Å². The molecule has 0 fully saturated rings. The Bertz CT molecular complexity index is 542. The van der Waals surface area contributed by atoms with E-state index in [0.717, 1.165) is 0 Å². The molecular weight excluding hydrogens is 278 g/mol. The molecule has 7 heteroatoms. The lowest BCUT2D eigenvalue weighted by Crippen LogP contribution is -2.23. The van der Waals surface area contributed by atoms with Crippen molar-refractivity contribution < 1.29 is 17.9 Å². The standard InChI is InChI=1S/C11H14ClNO4S/c1-3-13-11(14)8-4-5-9(7-17-2)10(6-8)18(12,15)16/h4-6H,3,7H2,1-2H3,(H,13,14). The Kier molecular flexibility index (Phi) is 5.13. The van der Waals surface area contributed by atoms with Crippen LogP contribution in [0.1, 0.15) is 22.8 Å². The molecule has 1 aromatic carbocycles. The molecule has 0 saturated carbocycles. The summed E-state index contributed by atoms with van der Waals surface area (Å²) in [6, 6.07) is 4.30. The molecule has 0 heterocycles. The van der Waals surface area contributed by atoms with Crippen LogP contribution >= 0.6 is 10.7 Å². The summed E-state index contributed by atoms with van der Waals surface area (Å²) in [7, 11) is 2.87. The Balaban J connectivity index is 3.26. The molecule has 18 heavy (non-hydrogen) atoms. The third kappa shape index (κ3) is 3.69. The van der Waals surface area contributed by atoms with E-state index in [1.807, 2.05) is 0 Å². The Morgan fingerprint density at radius 3 is 2.61 bits per heavy atom. The van der Waals surface area contributed by atoms with Crippen LogP contribution in [-0.4, -0.2) is 28.0 Å². The summed E-state index contributed by atoms with van der Waals surface area (Å²) in [4.78, 5) is 11.5. The van der Waals surface area contributed by atoms with E-state index in [1.54, 1.807) is 6.92 Å². The highest BCUT2D eigenvalue weighted by Gasteiger charge is 2.18. The van der Waals surface area contributed by atoms with Crippen LogP contribution in [0.25, 0.3) is 0 Å². The zero-order valence-corrected chi connectivity index (χ0v) is 11.6. The number of amides is 1. The number of ether oxygens (including phenoxy) is 1. The SMILES string of the molecule is CCNC(=O)c1ccc(COC)c(S(=O)(=O)Cl)c1. The van der Waals surface area contributed by atoms with Crippen LogP contribution in [0.2, 0.25) is 0 Å². The maximum atomic E-state index is 11.6. The van der Waals surface area contributed by atoms with E-state index in [-0.39, 0.29) is 23.0 Å². The van der Waals surface area contributed by atoms with Crippen LogP contribution in [0.15, 0.2) is 23.1 Å². The highest BCUT2D eigenvalue weighted by molar-refractivity contribution is 8.13. The largest absolute Gasteiger partial charge is 0.380 e. The lowest BCUT2D eigenvalue weighted by Gasteiger charge is -2.08. The minimum atomic E-state index is -3.91. The highest BCUT2D eigenvalue weighted by atomic mass is 35.7. The summed E-state index contributed by atoms with van der Waals surface area (Å²) in [5, 5.41) is 2.58. The third-order valence-corrected chi connectivity index (χ3v) is 3.63. The molecule has 0 radical (unpaired) electrons. The van der Waals surface area contributed by atoms with Gasteiger partial charge in [-0.3, -0.25) is 4.79 Å². The number of nitrogens with one attached hydrogen (secondary N) is 1. The Labute approximate surface area is 111 Å². The van der Waals surface area contributed by atoms with Crippen molar-refractivity contribution >= 4 is 25.6 Å². The minimum Gasteiger partial charge on any atom is -0.380 e. The van der Waals surface area contributed by atoms with Crippen molar-refractivity contribution in [1.29, 1.82) is 0 Å². The van der Waals surface area contributed by atoms with Crippen molar-refractivity contribution in [3.8, 4) is 0 Å². The molecule has 0 aliphatic heterocycles. The van der Waals surface area contributed by atoms with Gasteiger partial charge in [0.2, 0.25) is 0 Å². The van der Waals surface area contributed by atoms with Gasteiger partial charge in [0, 0.05) is 29.9 Å². The van der Waals surface area contributed by atoms with Crippen molar-refractivity contribution in [2.24, 2.45) is 0 Å². The fourth-order valence-corrected chi connectivity index (χ4v) is 2.60. The van der Waals surface area contributed by atoms with Crippen LogP contribution in [0.5, 0.6) is 0 Å². The number of carbonyl (C=O) groups excluding carboxylic acids is 1. The Morgan fingerprint density at radius 1 is 1.44 bits per heavy atom. The zero-order valence-electron chi connectivity index (χ0n) is 10.1. The number of rotatable bonds is 5. The topological polar surface area (TPSA) is 72.5 Å². The summed E-state index contributed by atoms with van der Waals surface area (Å²) in [5.41, 5.74) is 0.663. The average molecular weight is 292 g/mol. The quantitative estimate of drug-likeness (QED) is 0.835. The molecule has 0 bridgehead atoms. The monoisotopic (exact) mass is 291 g/mol. The van der Waals surface area contributed by atoms with Gasteiger partial charge in [0.25, 0.3) is 15.0 Å². The van der Waals surface area contributed by atoms with Crippen molar-refractivity contribution in [3.63, 3.8) is 0 Å². The van der Waals surface area contributed by atoms with Gasteiger partial charge in [0.15, 0.2) is 0 Å². The van der Waals surface area contributed by atoms with Gasteiger partial charge < -0.3 is 10.1 Å². The minimum absolute atomic E-state index is 0.102. The molecule has 0 aliphatic carbocycles. The highest BCUT2D eigenvalue weighted by Crippen LogP contribution is 2.22. The number of hydrogen-bond donors (Lipinski definition) is 1. The van der Waals surface area contributed by atoms with Gasteiger partial charge in [-0.05, 0) is 24.6 Å². The van der Waals surface area contributed by atoms with Gasteiger partial charge in [0.1, 0.15) is 0 Å². The first kappa shape index (κ1) is 14.9. The second-order valence-corrected chi connectivity index (χ2v) is 6.09. The van der Waals surface area contributed by atoms with Crippen molar-refractivity contribution in [1.82, 2.24) is 5.32 Å². The number of benzene rings is 1. The molecule has 5 nitrogen and oxygen atoms in total. The van der Waals surface area contributed by atoms with Crippen LogP contribution < -0.4 is 5.32 Å². The summed E-state index contributed by atoms with van der Waals surface area (Å²) >= 11 is 0. The van der Waals surface area contributed by atoms with Crippen LogP contribution in [-0.2, 0) is 20.4 Å². The van der Waals surface area contributed by atoms with E-state index in [9.17, 15) is 13.2 Å². The maximum Gasteiger partial charge on any atom is 0.261 e. The van der Waals surface area contributed by atoms with Gasteiger partial charge in [-0.25, -0.2) is 8.42 Å². The van der Waals surface area contributed by atoms with Crippen LogP contribution in [0.3, 0.4) is 0 Å². The number of carbonyl (C=O) groups is 1. The first-order valence-corrected chi connectivity index (χ1v) is 7.55. The zero-order chi connectivity index (χ0) is 13.8. The van der Waals surface area contributed by atoms with Gasteiger partial charge in [-0.15, -0.1) is 0 Å². The number of methoxy groups -OCH3 is 1. The van der Waals surface area contributed by atoms with E-state index < -0.39 is 9.05 Å². The normalized spacial score (nSPS) is 11.3. The molecule has 0 aromatic heterocycles. The summed E-state index contributed by atoms with van der Waals surface area (Å²) in [6.07, 6.45) is 0. The Morgan fingerprint density at radius 2 is 2.11 bits per heavy atom. The fraction of sp³-hybridized carbons (Fsp3) is 0.364. The predicted molar refractivity (Wildman–Crippen MR) is 68.2 cm³/mol. The molecule has 100 valence electrons. The molecule has 1 rings (SSSR count). The maximum absolute atomic E-state index is 11.6. The fourth-order valence-electron chi connectivity index (χ4n) is 1.46. The molecular formula is C11H14ClNO4S. The third-order valence-electron chi connectivity index (χ3n) is 2.23. The van der Waals surface area contributed by atoms with E-state index in [2.05, 4.69) is 5.32 Å². The van der Waals surface area contributed by atoms with Crippen molar-refractivity contribution in [2.45, 2.75) is 18.4 Å². The molecule has 0 unspecified atom stereocenters. The molecule has 0 atom stereocenters. The van der Waals surface area contributed by atoms with Gasteiger partial charge in [-0.2, -0.15) is 0 Å². The molecule has 0 saturated heterocycles. The smallest absolute Gasteiger partial charge is 0.261 e. The Hall–Kier alpha value is -1.11. The van der Waals surface area contributed by atoms with Gasteiger partial charge >= 0.3 is 0 Å². The molecule has 0 spiro atoms. The lowest BCUT2D eigenvalue weighted by atomic mass is 10.1. The first-order chi connectivity index (χ1) is 8.40. The number of hydrogen-bond acceptors (Lipinski definition) is 4. The first-order valence-electron chi connectivity index (χ1n) is 5.25. The van der Waals surface area contributed by atoms with Crippen molar-refractivity contribution in [2.75, 3.05) is 13.7 Å². The average Bonchev–Trinajstić information content (AvgIpc) is 2.28. The van der Waals surface area contributed by atoms with E-state index >= 15 is 0 Å². The van der Waals surface area contributed by atoms with E-state index in [4.69, 9.17) is 15.4 Å². The second-order valence-electron chi connectivity index (χ2n) is 3.55. The summed E-state index contributed by atoms with van der Waals surface area (Å²) in [5.74, 6) is -0.344. The summed E-state index contributed by atoms with van der Waals surface area (Å²) in [6.45, 7) is 2.34. The van der Waals surface area contributed by atoms with Crippen LogP contribution in [0.4, 0.5) is 0 Å². The second kappa shape index (κ2) is 6.17. The molecule has 1 amide bonds. The van der Waals surface area contributed by atoms with Crippen LogP contribution in [0, 0.1) is 0 Å². The summed E-state index contributed by atoms with van der Waals surface area (Å²) < 4.78 is 27.8. The molecule has 0 aliphatic rings. The van der Waals surface area contributed by atoms with Gasteiger partial charge in [-0.1, -0.05) is 6.07 Å². The van der Waals surface area contributed by atoms with Crippen molar-refractivity contribution in [3.05, 3.63) is 29.3 Å². The number of halogens is 1.